The van der Waals surface area contributed by atoms with Gasteiger partial charge in [-0.2, -0.15) is 5.26 Å². The smallest absolute Gasteiger partial charge is 0.323 e. The number of aliphatic carboxylic acids is 1. The maximum absolute atomic E-state index is 12.1. The first-order valence-corrected chi connectivity index (χ1v) is 6.09. The van der Waals surface area contributed by atoms with E-state index < -0.39 is 24.5 Å². The fourth-order valence-corrected chi connectivity index (χ4v) is 1.64. The van der Waals surface area contributed by atoms with E-state index in [9.17, 15) is 9.59 Å². The van der Waals surface area contributed by atoms with Crippen LogP contribution < -0.4 is 4.74 Å². The van der Waals surface area contributed by atoms with Gasteiger partial charge in [0.15, 0.2) is 6.10 Å². The fraction of sp³-hybridized carbons (Fsp3) is 0.267. The zero-order valence-corrected chi connectivity index (χ0v) is 11.4. The lowest BCUT2D eigenvalue weighted by molar-refractivity contribution is -0.146. The molecule has 1 N–H and O–H groups in total. The van der Waals surface area contributed by atoms with Crippen molar-refractivity contribution in [3.8, 4) is 24.2 Å². The van der Waals surface area contributed by atoms with Crippen LogP contribution in [-0.4, -0.2) is 41.1 Å². The van der Waals surface area contributed by atoms with Gasteiger partial charge in [-0.05, 0) is 19.1 Å². The lowest BCUT2D eigenvalue weighted by Crippen LogP contribution is -2.43. The van der Waals surface area contributed by atoms with Crippen LogP contribution in [0.3, 0.4) is 0 Å². The quantitative estimate of drug-likeness (QED) is 0.784. The van der Waals surface area contributed by atoms with Crippen molar-refractivity contribution < 1.29 is 19.4 Å². The average molecular weight is 286 g/mol. The standard InChI is InChI=1S/C15H14N2O4/c1-3-8-17(10-14(18)19)15(20)11(2)21-13-7-5-4-6-12(13)9-16/h1,4-7,11H,8,10H2,2H3,(H,18,19). The summed E-state index contributed by atoms with van der Waals surface area (Å²) in [5, 5.41) is 17.7. The number of ether oxygens (including phenoxy) is 1. The van der Waals surface area contributed by atoms with Crippen molar-refractivity contribution in [1.82, 2.24) is 4.90 Å². The van der Waals surface area contributed by atoms with E-state index in [1.165, 1.54) is 6.92 Å². The largest absolute Gasteiger partial charge is 0.480 e. The van der Waals surface area contributed by atoms with Crippen LogP contribution in [0.25, 0.3) is 0 Å². The maximum Gasteiger partial charge on any atom is 0.323 e. The molecule has 6 heteroatoms. The highest BCUT2D eigenvalue weighted by Crippen LogP contribution is 2.18. The second kappa shape index (κ2) is 7.56. The third kappa shape index (κ3) is 4.55. The van der Waals surface area contributed by atoms with Gasteiger partial charge in [-0.3, -0.25) is 9.59 Å². The molecule has 1 rings (SSSR count). The molecule has 108 valence electrons. The van der Waals surface area contributed by atoms with E-state index in [4.69, 9.17) is 21.5 Å². The van der Waals surface area contributed by atoms with Gasteiger partial charge in [0.2, 0.25) is 0 Å². The molecule has 1 atom stereocenters. The number of terminal acetylenes is 1. The number of carboxylic acid groups (broad SMARTS) is 1. The Bertz CT molecular complexity index is 613. The van der Waals surface area contributed by atoms with Gasteiger partial charge < -0.3 is 14.7 Å². The minimum atomic E-state index is -1.16. The topological polar surface area (TPSA) is 90.6 Å². The summed E-state index contributed by atoms with van der Waals surface area (Å²) >= 11 is 0. The Hall–Kier alpha value is -2.99. The molecule has 0 radical (unpaired) electrons. The number of amides is 1. The number of nitriles is 1. The normalized spacial score (nSPS) is 10.8. The third-order valence-corrected chi connectivity index (χ3v) is 2.58. The average Bonchev–Trinajstić information content (AvgIpc) is 2.46. The Kier molecular flexibility index (Phi) is 5.79. The van der Waals surface area contributed by atoms with Gasteiger partial charge in [0.1, 0.15) is 18.4 Å². The zero-order chi connectivity index (χ0) is 15.8. The van der Waals surface area contributed by atoms with Gasteiger partial charge >= 0.3 is 5.97 Å². The minimum Gasteiger partial charge on any atom is -0.480 e. The number of carbonyl (C=O) groups is 2. The van der Waals surface area contributed by atoms with Gasteiger partial charge in [-0.15, -0.1) is 6.42 Å². The van der Waals surface area contributed by atoms with Crippen LogP contribution in [0, 0.1) is 23.7 Å². The number of benzene rings is 1. The van der Waals surface area contributed by atoms with Crippen molar-refractivity contribution in [3.63, 3.8) is 0 Å². The first-order valence-electron chi connectivity index (χ1n) is 6.09. The third-order valence-electron chi connectivity index (χ3n) is 2.58. The van der Waals surface area contributed by atoms with Gasteiger partial charge in [-0.25, -0.2) is 0 Å². The van der Waals surface area contributed by atoms with E-state index in [1.54, 1.807) is 24.3 Å². The van der Waals surface area contributed by atoms with Gasteiger partial charge in [0.25, 0.3) is 5.91 Å². The molecule has 0 saturated heterocycles. The molecule has 6 nitrogen and oxygen atoms in total. The molecule has 0 spiro atoms. The molecule has 21 heavy (non-hydrogen) atoms. The highest BCUT2D eigenvalue weighted by molar-refractivity contribution is 5.85. The lowest BCUT2D eigenvalue weighted by Gasteiger charge is -2.23. The van der Waals surface area contributed by atoms with Crippen LogP contribution in [0.5, 0.6) is 5.75 Å². The highest BCUT2D eigenvalue weighted by atomic mass is 16.5. The second-order valence-electron chi connectivity index (χ2n) is 4.16. The van der Waals surface area contributed by atoms with E-state index in [0.717, 1.165) is 4.90 Å². The number of carboxylic acids is 1. The second-order valence-corrected chi connectivity index (χ2v) is 4.16. The molecule has 0 aliphatic rings. The van der Waals surface area contributed by atoms with Crippen molar-refractivity contribution in [1.29, 1.82) is 5.26 Å². The van der Waals surface area contributed by atoms with Gasteiger partial charge in [0.05, 0.1) is 12.1 Å². The zero-order valence-electron chi connectivity index (χ0n) is 11.4. The molecule has 0 saturated carbocycles. The highest BCUT2D eigenvalue weighted by Gasteiger charge is 2.24. The molecular weight excluding hydrogens is 272 g/mol. The van der Waals surface area contributed by atoms with E-state index in [-0.39, 0.29) is 12.3 Å². The van der Waals surface area contributed by atoms with E-state index in [2.05, 4.69) is 5.92 Å². The number of para-hydroxylation sites is 1. The summed E-state index contributed by atoms with van der Waals surface area (Å²) in [6, 6.07) is 8.41. The lowest BCUT2D eigenvalue weighted by atomic mass is 10.2. The van der Waals surface area contributed by atoms with Gasteiger partial charge in [0, 0.05) is 0 Å². The van der Waals surface area contributed by atoms with Crippen molar-refractivity contribution >= 4 is 11.9 Å². The van der Waals surface area contributed by atoms with Gasteiger partial charge in [-0.1, -0.05) is 18.1 Å². The van der Waals surface area contributed by atoms with E-state index >= 15 is 0 Å². The summed E-state index contributed by atoms with van der Waals surface area (Å²) in [6.07, 6.45) is 4.17. The molecule has 0 fully saturated rings. The Morgan fingerprint density at radius 1 is 1.48 bits per heavy atom. The summed E-state index contributed by atoms with van der Waals surface area (Å²) < 4.78 is 5.43. The number of hydrogen-bond donors (Lipinski definition) is 1. The Morgan fingerprint density at radius 2 is 2.14 bits per heavy atom. The molecule has 1 amide bonds. The van der Waals surface area contributed by atoms with Crippen LogP contribution in [-0.2, 0) is 9.59 Å². The molecule has 1 aromatic carbocycles. The molecule has 0 heterocycles. The summed E-state index contributed by atoms with van der Waals surface area (Å²) in [6.45, 7) is 0.844. The number of carbonyl (C=O) groups excluding carboxylic acids is 1. The molecule has 0 aliphatic heterocycles. The van der Waals surface area contributed by atoms with E-state index in [0.29, 0.717) is 5.56 Å². The van der Waals surface area contributed by atoms with Crippen LogP contribution >= 0.6 is 0 Å². The van der Waals surface area contributed by atoms with Crippen molar-refractivity contribution in [2.45, 2.75) is 13.0 Å². The van der Waals surface area contributed by atoms with Crippen molar-refractivity contribution in [2.75, 3.05) is 13.1 Å². The summed E-state index contributed by atoms with van der Waals surface area (Å²) in [7, 11) is 0. The Morgan fingerprint density at radius 3 is 2.71 bits per heavy atom. The molecule has 1 aromatic rings. The first-order chi connectivity index (χ1) is 9.99. The number of hydrogen-bond acceptors (Lipinski definition) is 4. The molecule has 0 aromatic heterocycles. The monoisotopic (exact) mass is 286 g/mol. The first kappa shape index (κ1) is 16.1. The SMILES string of the molecule is C#CCN(CC(=O)O)C(=O)C(C)Oc1ccccc1C#N. The van der Waals surface area contributed by atoms with Crippen LogP contribution in [0.2, 0.25) is 0 Å². The Labute approximate surface area is 122 Å². The summed E-state index contributed by atoms with van der Waals surface area (Å²) in [5.41, 5.74) is 0.291. The van der Waals surface area contributed by atoms with Crippen LogP contribution in [0.1, 0.15) is 12.5 Å². The molecule has 0 bridgehead atoms. The number of rotatable bonds is 6. The van der Waals surface area contributed by atoms with Crippen LogP contribution in [0.15, 0.2) is 24.3 Å². The summed E-state index contributed by atoms with van der Waals surface area (Å²) in [5.74, 6) is 0.774. The predicted octanol–water partition coefficient (Wildman–Crippen LogP) is 0.872. The van der Waals surface area contributed by atoms with Crippen molar-refractivity contribution in [3.05, 3.63) is 29.8 Å². The molecule has 0 aliphatic carbocycles. The van der Waals surface area contributed by atoms with Crippen molar-refractivity contribution in [2.24, 2.45) is 0 Å². The number of nitrogens with zero attached hydrogens (tertiary/aromatic N) is 2. The molecule has 1 unspecified atom stereocenters. The predicted molar refractivity (Wildman–Crippen MR) is 74.3 cm³/mol. The molecular formula is C15H14N2O4. The maximum atomic E-state index is 12.1. The minimum absolute atomic E-state index is 0.126. The van der Waals surface area contributed by atoms with E-state index in [1.807, 2.05) is 6.07 Å². The fourth-order valence-electron chi connectivity index (χ4n) is 1.64. The summed E-state index contributed by atoms with van der Waals surface area (Å²) in [4.78, 5) is 23.9. The Balaban J connectivity index is 2.84. The van der Waals surface area contributed by atoms with Crippen LogP contribution in [0.4, 0.5) is 0 Å².